The van der Waals surface area contributed by atoms with Crippen LogP contribution in [0.2, 0.25) is 0 Å². The SMILES string of the molecule is Cc1nc2c(c(=O)[nH]1)CN(C(=O)Cc1sc(C)nc1C)C2. The van der Waals surface area contributed by atoms with E-state index in [0.29, 0.717) is 36.6 Å². The van der Waals surface area contributed by atoms with Crippen LogP contribution in [0.25, 0.3) is 0 Å². The summed E-state index contributed by atoms with van der Waals surface area (Å²) < 4.78 is 0. The van der Waals surface area contributed by atoms with Crippen molar-refractivity contribution < 1.29 is 4.79 Å². The van der Waals surface area contributed by atoms with Gasteiger partial charge in [0.05, 0.1) is 41.5 Å². The molecule has 3 rings (SSSR count). The van der Waals surface area contributed by atoms with Crippen LogP contribution < -0.4 is 5.56 Å². The van der Waals surface area contributed by atoms with Gasteiger partial charge in [0.15, 0.2) is 0 Å². The molecular formula is C14H16N4O2S. The van der Waals surface area contributed by atoms with Gasteiger partial charge in [0, 0.05) is 4.88 Å². The number of carbonyl (C=O) groups excluding carboxylic acids is 1. The number of fused-ring (bicyclic) bond motifs is 1. The lowest BCUT2D eigenvalue weighted by Gasteiger charge is -2.14. The summed E-state index contributed by atoms with van der Waals surface area (Å²) in [7, 11) is 0. The standard InChI is InChI=1S/C14H16N4O2S/c1-7-12(21-9(3)15-7)4-13(19)18-5-10-11(6-18)16-8(2)17-14(10)20/h4-6H2,1-3H3,(H,16,17,20). The number of hydrogen-bond donors (Lipinski definition) is 1. The van der Waals surface area contributed by atoms with E-state index in [4.69, 9.17) is 0 Å². The Hall–Kier alpha value is -2.02. The first-order valence-corrected chi connectivity index (χ1v) is 7.55. The highest BCUT2D eigenvalue weighted by Crippen LogP contribution is 2.22. The molecule has 6 nitrogen and oxygen atoms in total. The minimum absolute atomic E-state index is 0.0109. The summed E-state index contributed by atoms with van der Waals surface area (Å²) in [5.74, 6) is 0.596. The molecule has 0 saturated carbocycles. The third-order valence-corrected chi connectivity index (χ3v) is 4.65. The quantitative estimate of drug-likeness (QED) is 0.905. The Kier molecular flexibility index (Phi) is 3.36. The molecule has 3 heterocycles. The van der Waals surface area contributed by atoms with Crippen molar-refractivity contribution in [1.82, 2.24) is 19.9 Å². The van der Waals surface area contributed by atoms with Crippen molar-refractivity contribution in [3.8, 4) is 0 Å². The Labute approximate surface area is 125 Å². The Morgan fingerprint density at radius 3 is 2.71 bits per heavy atom. The molecule has 0 atom stereocenters. The molecule has 0 unspecified atom stereocenters. The van der Waals surface area contributed by atoms with Gasteiger partial charge in [-0.15, -0.1) is 11.3 Å². The summed E-state index contributed by atoms with van der Waals surface area (Å²) in [6.07, 6.45) is 0.336. The van der Waals surface area contributed by atoms with Crippen molar-refractivity contribution in [2.45, 2.75) is 40.3 Å². The van der Waals surface area contributed by atoms with Crippen LogP contribution in [0.4, 0.5) is 0 Å². The van der Waals surface area contributed by atoms with E-state index in [1.807, 2.05) is 13.8 Å². The zero-order chi connectivity index (χ0) is 15.1. The van der Waals surface area contributed by atoms with Crippen LogP contribution in [0.1, 0.15) is 32.7 Å². The van der Waals surface area contributed by atoms with Crippen molar-refractivity contribution in [2.24, 2.45) is 0 Å². The van der Waals surface area contributed by atoms with Crippen molar-refractivity contribution in [3.63, 3.8) is 0 Å². The fourth-order valence-electron chi connectivity index (χ4n) is 2.55. The molecule has 1 aliphatic heterocycles. The number of nitrogens with zero attached hydrogens (tertiary/aromatic N) is 3. The van der Waals surface area contributed by atoms with Gasteiger partial charge < -0.3 is 9.88 Å². The first-order chi connectivity index (χ1) is 9.94. The maximum atomic E-state index is 12.4. The molecule has 2 aromatic rings. The lowest BCUT2D eigenvalue weighted by molar-refractivity contribution is -0.131. The van der Waals surface area contributed by atoms with E-state index in [9.17, 15) is 9.59 Å². The minimum atomic E-state index is -0.141. The van der Waals surface area contributed by atoms with E-state index in [2.05, 4.69) is 15.0 Å². The molecule has 0 fully saturated rings. The molecule has 0 radical (unpaired) electrons. The van der Waals surface area contributed by atoms with Crippen LogP contribution in [0, 0.1) is 20.8 Å². The van der Waals surface area contributed by atoms with Crippen LogP contribution in [0.3, 0.4) is 0 Å². The van der Waals surface area contributed by atoms with Crippen LogP contribution in [0.15, 0.2) is 4.79 Å². The third kappa shape index (κ3) is 2.61. The number of aryl methyl sites for hydroxylation is 3. The lowest BCUT2D eigenvalue weighted by Crippen LogP contribution is -2.27. The van der Waals surface area contributed by atoms with Crippen LogP contribution in [-0.4, -0.2) is 25.8 Å². The largest absolute Gasteiger partial charge is 0.332 e. The second kappa shape index (κ2) is 5.07. The fourth-order valence-corrected chi connectivity index (χ4v) is 3.48. The molecule has 1 amide bonds. The van der Waals surface area contributed by atoms with E-state index in [1.165, 1.54) is 0 Å². The molecule has 0 spiro atoms. The number of hydrogen-bond acceptors (Lipinski definition) is 5. The smallest absolute Gasteiger partial charge is 0.256 e. The molecule has 1 aliphatic rings. The predicted octanol–water partition coefficient (Wildman–Crippen LogP) is 1.24. The van der Waals surface area contributed by atoms with Gasteiger partial charge in [-0.2, -0.15) is 0 Å². The number of rotatable bonds is 2. The van der Waals surface area contributed by atoms with Crippen molar-refractivity contribution in [1.29, 1.82) is 0 Å². The lowest BCUT2D eigenvalue weighted by atomic mass is 10.2. The molecule has 110 valence electrons. The Morgan fingerprint density at radius 1 is 1.29 bits per heavy atom. The van der Waals surface area contributed by atoms with Gasteiger partial charge in [-0.05, 0) is 20.8 Å². The summed E-state index contributed by atoms with van der Waals surface area (Å²) in [4.78, 5) is 38.3. The topological polar surface area (TPSA) is 79.0 Å². The van der Waals surface area contributed by atoms with Gasteiger partial charge in [-0.1, -0.05) is 0 Å². The van der Waals surface area contributed by atoms with Gasteiger partial charge in [0.25, 0.3) is 5.56 Å². The maximum Gasteiger partial charge on any atom is 0.256 e. The molecule has 7 heteroatoms. The molecule has 21 heavy (non-hydrogen) atoms. The van der Waals surface area contributed by atoms with E-state index >= 15 is 0 Å². The van der Waals surface area contributed by atoms with Gasteiger partial charge in [-0.25, -0.2) is 9.97 Å². The van der Waals surface area contributed by atoms with Crippen molar-refractivity contribution >= 4 is 17.2 Å². The highest BCUT2D eigenvalue weighted by Gasteiger charge is 2.27. The van der Waals surface area contributed by atoms with E-state index in [-0.39, 0.29) is 11.5 Å². The van der Waals surface area contributed by atoms with Gasteiger partial charge in [0.1, 0.15) is 5.82 Å². The third-order valence-electron chi connectivity index (χ3n) is 3.57. The Balaban J connectivity index is 1.78. The average Bonchev–Trinajstić information content (AvgIpc) is 2.93. The van der Waals surface area contributed by atoms with Crippen LogP contribution in [0.5, 0.6) is 0 Å². The predicted molar refractivity (Wildman–Crippen MR) is 79.1 cm³/mol. The van der Waals surface area contributed by atoms with E-state index < -0.39 is 0 Å². The number of aromatic amines is 1. The second-order valence-corrected chi connectivity index (χ2v) is 6.53. The molecule has 1 N–H and O–H groups in total. The summed E-state index contributed by atoms with van der Waals surface area (Å²) in [6.45, 7) is 6.35. The number of amides is 1. The highest BCUT2D eigenvalue weighted by atomic mass is 32.1. The summed E-state index contributed by atoms with van der Waals surface area (Å²) >= 11 is 1.55. The minimum Gasteiger partial charge on any atom is -0.332 e. The number of thiazole rings is 1. The van der Waals surface area contributed by atoms with E-state index in [1.54, 1.807) is 23.2 Å². The molecule has 0 bridgehead atoms. The average molecular weight is 304 g/mol. The summed E-state index contributed by atoms with van der Waals surface area (Å²) in [5, 5.41) is 0.966. The highest BCUT2D eigenvalue weighted by molar-refractivity contribution is 7.11. The van der Waals surface area contributed by atoms with Crippen molar-refractivity contribution in [3.05, 3.63) is 43.0 Å². The number of carbonyl (C=O) groups is 1. The fraction of sp³-hybridized carbons (Fsp3) is 0.429. The zero-order valence-electron chi connectivity index (χ0n) is 12.2. The van der Waals surface area contributed by atoms with Crippen molar-refractivity contribution in [2.75, 3.05) is 0 Å². The summed E-state index contributed by atoms with van der Waals surface area (Å²) in [5.41, 5.74) is 2.08. The molecule has 2 aromatic heterocycles. The molecule has 0 aliphatic carbocycles. The summed E-state index contributed by atoms with van der Waals surface area (Å²) in [6, 6.07) is 0. The number of aromatic nitrogens is 3. The normalized spacial score (nSPS) is 13.6. The first kappa shape index (κ1) is 13.9. The molecule has 0 aromatic carbocycles. The monoisotopic (exact) mass is 304 g/mol. The zero-order valence-corrected chi connectivity index (χ0v) is 13.0. The van der Waals surface area contributed by atoms with Gasteiger partial charge in [0.2, 0.25) is 5.91 Å². The van der Waals surface area contributed by atoms with E-state index in [0.717, 1.165) is 15.6 Å². The molecule has 0 saturated heterocycles. The number of nitrogens with one attached hydrogen (secondary N) is 1. The van der Waals surface area contributed by atoms with Gasteiger partial charge >= 0.3 is 0 Å². The Bertz CT molecular complexity index is 778. The molecular weight excluding hydrogens is 288 g/mol. The maximum absolute atomic E-state index is 12.4. The first-order valence-electron chi connectivity index (χ1n) is 6.73. The number of H-pyrrole nitrogens is 1. The van der Waals surface area contributed by atoms with Crippen LogP contribution >= 0.6 is 11.3 Å². The second-order valence-electron chi connectivity index (χ2n) is 5.24. The van der Waals surface area contributed by atoms with Crippen LogP contribution in [-0.2, 0) is 24.3 Å². The Morgan fingerprint density at radius 2 is 2.05 bits per heavy atom. The van der Waals surface area contributed by atoms with Gasteiger partial charge in [-0.3, -0.25) is 9.59 Å².